The van der Waals surface area contributed by atoms with Crippen LogP contribution in [0.5, 0.6) is 0 Å². The quantitative estimate of drug-likeness (QED) is 0.0261. The van der Waals surface area contributed by atoms with E-state index >= 15 is 0 Å². The number of hydrogen-bond donors (Lipinski definition) is 0. The van der Waals surface area contributed by atoms with E-state index in [0.717, 1.165) is 135 Å². The molecule has 0 rings (SSSR count). The average molecular weight is 1100 g/mol. The van der Waals surface area contributed by atoms with Gasteiger partial charge in [0.15, 0.2) is 6.10 Å². The summed E-state index contributed by atoms with van der Waals surface area (Å²) >= 11 is 0. The molecule has 0 aromatic rings. The van der Waals surface area contributed by atoms with Crippen molar-refractivity contribution in [3.63, 3.8) is 0 Å². The van der Waals surface area contributed by atoms with Crippen molar-refractivity contribution in [1.29, 1.82) is 0 Å². The van der Waals surface area contributed by atoms with Gasteiger partial charge < -0.3 is 14.2 Å². The molecular weight excluding hydrogens is 973 g/mol. The molecule has 0 heterocycles. The molecule has 0 fully saturated rings. The fourth-order valence-electron chi connectivity index (χ4n) is 9.56. The maximum absolute atomic E-state index is 12.9. The smallest absolute Gasteiger partial charge is 0.306 e. The van der Waals surface area contributed by atoms with Crippen molar-refractivity contribution in [2.45, 2.75) is 335 Å². The summed E-state index contributed by atoms with van der Waals surface area (Å²) in [6, 6.07) is 0. The maximum atomic E-state index is 12.9. The average Bonchev–Trinajstić information content (AvgIpc) is 3.45. The number of ether oxygens (including phenoxy) is 3. The van der Waals surface area contributed by atoms with E-state index in [2.05, 4.69) is 118 Å². The molecule has 79 heavy (non-hydrogen) atoms. The largest absolute Gasteiger partial charge is 0.462 e. The Morgan fingerprint density at radius 3 is 0.785 bits per heavy atom. The van der Waals surface area contributed by atoms with E-state index < -0.39 is 6.10 Å². The Morgan fingerprint density at radius 1 is 0.266 bits per heavy atom. The Hall–Kier alpha value is -3.67. The minimum absolute atomic E-state index is 0.0918. The van der Waals surface area contributed by atoms with Crippen LogP contribution in [0.2, 0.25) is 0 Å². The standard InChI is InChI=1S/C73H126O6/c1-4-7-10-13-16-19-22-25-28-30-31-32-33-34-35-36-37-38-39-40-41-43-45-48-51-54-57-60-63-66-72(75)78-69-70(68-77-71(74)65-62-59-56-53-50-47-44-27-24-21-18-15-12-9-6-3)79-73(76)67-64-61-58-55-52-49-46-42-29-26-23-20-17-14-11-8-5-2/h8-9,11-12,17-18,20-21,26-27,29-31,44,46,49,70H,4-7,10,13-16,19,22-25,28,32-43,45,47-48,50-69H2,1-3H3/b11-8-,12-9-,20-17-,21-18-,29-26-,31-30-,44-27-,49-46-. The zero-order valence-corrected chi connectivity index (χ0v) is 52.1. The highest BCUT2D eigenvalue weighted by Crippen LogP contribution is 2.17. The summed E-state index contributed by atoms with van der Waals surface area (Å²) in [5.41, 5.74) is 0. The molecule has 0 aliphatic carbocycles. The van der Waals surface area contributed by atoms with Gasteiger partial charge in [0.1, 0.15) is 13.2 Å². The molecule has 0 N–H and O–H groups in total. The van der Waals surface area contributed by atoms with Crippen molar-refractivity contribution >= 4 is 17.9 Å². The number of carbonyl (C=O) groups excluding carboxylic acids is 3. The van der Waals surface area contributed by atoms with Gasteiger partial charge in [-0.25, -0.2) is 0 Å². The van der Waals surface area contributed by atoms with Gasteiger partial charge in [0.25, 0.3) is 0 Å². The first-order chi connectivity index (χ1) is 39.0. The van der Waals surface area contributed by atoms with Crippen LogP contribution >= 0.6 is 0 Å². The van der Waals surface area contributed by atoms with Crippen LogP contribution in [-0.4, -0.2) is 37.2 Å². The third kappa shape index (κ3) is 65.0. The summed E-state index contributed by atoms with van der Waals surface area (Å²) in [4.78, 5) is 38.3. The van der Waals surface area contributed by atoms with Crippen LogP contribution in [0.3, 0.4) is 0 Å². The Morgan fingerprint density at radius 2 is 0.494 bits per heavy atom. The number of allylic oxidation sites excluding steroid dienone is 16. The Bertz CT molecular complexity index is 1540. The van der Waals surface area contributed by atoms with Crippen molar-refractivity contribution < 1.29 is 28.6 Å². The highest BCUT2D eigenvalue weighted by Gasteiger charge is 2.19. The SMILES string of the molecule is CC/C=C\C/C=C\C/C=C\C/C=C\CCCCCCC(=O)OC(COC(=O)CCCCCCC/C=C\C/C=C\C/C=C\CC)COC(=O)CCCCCCCCCCCCCCCCCCC/C=C\CCCCCCCCCC. The van der Waals surface area contributed by atoms with Crippen LogP contribution in [0.25, 0.3) is 0 Å². The summed E-state index contributed by atoms with van der Waals surface area (Å²) in [6.07, 6.45) is 90.1. The summed E-state index contributed by atoms with van der Waals surface area (Å²) < 4.78 is 16.9. The number of hydrogen-bond acceptors (Lipinski definition) is 6. The molecule has 454 valence electrons. The summed E-state index contributed by atoms with van der Waals surface area (Å²) in [5, 5.41) is 0. The third-order valence-corrected chi connectivity index (χ3v) is 14.6. The van der Waals surface area contributed by atoms with Gasteiger partial charge in [0.2, 0.25) is 0 Å². The molecule has 1 atom stereocenters. The summed E-state index contributed by atoms with van der Waals surface area (Å²) in [5.74, 6) is -0.922. The molecule has 0 saturated heterocycles. The predicted octanol–water partition coefficient (Wildman–Crippen LogP) is 23.2. The molecule has 0 aromatic carbocycles. The number of unbranched alkanes of at least 4 members (excludes halogenated alkanes) is 34. The molecule has 0 radical (unpaired) electrons. The summed E-state index contributed by atoms with van der Waals surface area (Å²) in [6.45, 7) is 6.41. The van der Waals surface area contributed by atoms with Gasteiger partial charge in [0.05, 0.1) is 0 Å². The van der Waals surface area contributed by atoms with E-state index in [9.17, 15) is 14.4 Å². The Balaban J connectivity index is 4.27. The van der Waals surface area contributed by atoms with Gasteiger partial charge in [-0.15, -0.1) is 0 Å². The van der Waals surface area contributed by atoms with E-state index in [-0.39, 0.29) is 31.1 Å². The van der Waals surface area contributed by atoms with Crippen molar-refractivity contribution in [3.8, 4) is 0 Å². The van der Waals surface area contributed by atoms with Gasteiger partial charge in [0, 0.05) is 19.3 Å². The Kier molecular flexibility index (Phi) is 63.7. The van der Waals surface area contributed by atoms with Crippen LogP contribution in [-0.2, 0) is 28.6 Å². The second-order valence-electron chi connectivity index (χ2n) is 22.3. The normalized spacial score (nSPS) is 12.7. The van der Waals surface area contributed by atoms with E-state index in [1.165, 1.54) is 154 Å². The van der Waals surface area contributed by atoms with Gasteiger partial charge in [-0.05, 0) is 116 Å². The molecule has 0 spiro atoms. The summed E-state index contributed by atoms with van der Waals surface area (Å²) in [7, 11) is 0. The number of esters is 3. The molecule has 6 nitrogen and oxygen atoms in total. The molecule has 0 aliphatic rings. The minimum Gasteiger partial charge on any atom is -0.462 e. The van der Waals surface area contributed by atoms with Crippen LogP contribution in [0.4, 0.5) is 0 Å². The Labute approximate surface area is 489 Å². The lowest BCUT2D eigenvalue weighted by molar-refractivity contribution is -0.167. The van der Waals surface area contributed by atoms with E-state index in [0.29, 0.717) is 19.3 Å². The first-order valence-corrected chi connectivity index (χ1v) is 33.7. The predicted molar refractivity (Wildman–Crippen MR) is 344 cm³/mol. The zero-order valence-electron chi connectivity index (χ0n) is 52.1. The van der Waals surface area contributed by atoms with Crippen molar-refractivity contribution in [1.82, 2.24) is 0 Å². The van der Waals surface area contributed by atoms with Crippen molar-refractivity contribution in [2.24, 2.45) is 0 Å². The molecule has 6 heteroatoms. The number of carbonyl (C=O) groups is 3. The monoisotopic (exact) mass is 1100 g/mol. The van der Waals surface area contributed by atoms with E-state index in [4.69, 9.17) is 14.2 Å². The second kappa shape index (κ2) is 66.8. The van der Waals surface area contributed by atoms with Crippen molar-refractivity contribution in [3.05, 3.63) is 97.2 Å². The van der Waals surface area contributed by atoms with E-state index in [1.807, 2.05) is 0 Å². The van der Waals surface area contributed by atoms with Gasteiger partial charge in [-0.3, -0.25) is 14.4 Å². The molecule has 1 unspecified atom stereocenters. The molecule has 0 bridgehead atoms. The fourth-order valence-corrected chi connectivity index (χ4v) is 9.56. The van der Waals surface area contributed by atoms with Crippen LogP contribution in [0.1, 0.15) is 329 Å². The minimum atomic E-state index is -0.799. The molecule has 0 amide bonds. The van der Waals surface area contributed by atoms with Crippen molar-refractivity contribution in [2.75, 3.05) is 13.2 Å². The zero-order chi connectivity index (χ0) is 57.1. The topological polar surface area (TPSA) is 78.9 Å². The van der Waals surface area contributed by atoms with Gasteiger partial charge in [-0.2, -0.15) is 0 Å². The van der Waals surface area contributed by atoms with Gasteiger partial charge >= 0.3 is 17.9 Å². The lowest BCUT2D eigenvalue weighted by atomic mass is 10.0. The molecule has 0 saturated carbocycles. The number of rotatable bonds is 61. The van der Waals surface area contributed by atoms with Crippen LogP contribution < -0.4 is 0 Å². The maximum Gasteiger partial charge on any atom is 0.306 e. The highest BCUT2D eigenvalue weighted by atomic mass is 16.6. The molecular formula is C73H126O6. The van der Waals surface area contributed by atoms with E-state index in [1.54, 1.807) is 0 Å². The first kappa shape index (κ1) is 75.3. The lowest BCUT2D eigenvalue weighted by Gasteiger charge is -2.18. The molecule has 0 aromatic heterocycles. The highest BCUT2D eigenvalue weighted by molar-refractivity contribution is 5.71. The van der Waals surface area contributed by atoms with Crippen LogP contribution in [0, 0.1) is 0 Å². The fraction of sp³-hybridized carbons (Fsp3) is 0.740. The second-order valence-corrected chi connectivity index (χ2v) is 22.3. The third-order valence-electron chi connectivity index (χ3n) is 14.6. The lowest BCUT2D eigenvalue weighted by Crippen LogP contribution is -2.30. The molecule has 0 aliphatic heterocycles. The first-order valence-electron chi connectivity index (χ1n) is 33.7. The van der Waals surface area contributed by atoms with Gasteiger partial charge in [-0.1, -0.05) is 291 Å². The van der Waals surface area contributed by atoms with Crippen LogP contribution in [0.15, 0.2) is 97.2 Å².